The number of nitrogens with one attached hydrogen (secondary N) is 1. The molecule has 1 N–H and O–H groups in total. The van der Waals surface area contributed by atoms with Gasteiger partial charge >= 0.3 is 6.01 Å². The maximum atomic E-state index is 11.9. The van der Waals surface area contributed by atoms with Gasteiger partial charge < -0.3 is 4.42 Å². The van der Waals surface area contributed by atoms with E-state index in [9.17, 15) is 14.9 Å². The molecule has 0 bridgehead atoms. The lowest BCUT2D eigenvalue weighted by molar-refractivity contribution is -0.384. The number of thiophene rings is 1. The summed E-state index contributed by atoms with van der Waals surface area (Å²) in [5.74, 6) is -0.374. The minimum absolute atomic E-state index is 0.0304. The zero-order valence-corrected chi connectivity index (χ0v) is 15.0. The van der Waals surface area contributed by atoms with Crippen molar-refractivity contribution in [2.45, 2.75) is 0 Å². The fourth-order valence-corrected chi connectivity index (χ4v) is 3.34. The van der Waals surface area contributed by atoms with E-state index in [4.69, 9.17) is 27.6 Å². The van der Waals surface area contributed by atoms with Crippen molar-refractivity contribution in [3.8, 4) is 11.5 Å². The van der Waals surface area contributed by atoms with Crippen molar-refractivity contribution < 1.29 is 14.1 Å². The number of carbonyl (C=O) groups excluding carboxylic acids is 1. The van der Waals surface area contributed by atoms with E-state index in [-0.39, 0.29) is 17.6 Å². The summed E-state index contributed by atoms with van der Waals surface area (Å²) in [6, 6.07) is 7.22. The van der Waals surface area contributed by atoms with Crippen LogP contribution in [0.3, 0.4) is 0 Å². The van der Waals surface area contributed by atoms with Gasteiger partial charge in [0.15, 0.2) is 0 Å². The number of nitro benzene ring substituents is 1. The predicted molar refractivity (Wildman–Crippen MR) is 98.4 cm³/mol. The van der Waals surface area contributed by atoms with Gasteiger partial charge in [0, 0.05) is 18.2 Å². The van der Waals surface area contributed by atoms with Gasteiger partial charge in [0.2, 0.25) is 0 Å². The maximum absolute atomic E-state index is 11.9. The summed E-state index contributed by atoms with van der Waals surface area (Å²) < 4.78 is 6.20. The number of non-ortho nitro benzene ring substituents is 1. The highest BCUT2D eigenvalue weighted by Gasteiger charge is 2.15. The van der Waals surface area contributed by atoms with Crippen LogP contribution >= 0.6 is 34.5 Å². The zero-order valence-electron chi connectivity index (χ0n) is 12.7. The minimum Gasteiger partial charge on any atom is -0.403 e. The Morgan fingerprint density at radius 1 is 1.27 bits per heavy atom. The molecule has 0 aliphatic rings. The van der Waals surface area contributed by atoms with Crippen molar-refractivity contribution in [1.29, 1.82) is 0 Å². The van der Waals surface area contributed by atoms with Crippen LogP contribution in [0, 0.1) is 10.1 Å². The number of benzene rings is 1. The minimum atomic E-state index is -0.506. The van der Waals surface area contributed by atoms with E-state index in [0.717, 1.165) is 11.3 Å². The Morgan fingerprint density at radius 2 is 2.00 bits per heavy atom. The fraction of sp³-hybridized carbons (Fsp3) is 0. The van der Waals surface area contributed by atoms with E-state index >= 15 is 0 Å². The summed E-state index contributed by atoms with van der Waals surface area (Å²) in [5.41, 5.74) is 1.07. The highest BCUT2D eigenvalue weighted by molar-refractivity contribution is 7.20. The van der Waals surface area contributed by atoms with E-state index in [1.807, 2.05) is 0 Å². The first-order valence-electron chi connectivity index (χ1n) is 6.94. The zero-order chi connectivity index (χ0) is 18.7. The summed E-state index contributed by atoms with van der Waals surface area (Å²) in [7, 11) is 0. The number of hydrogen-bond donors (Lipinski definition) is 1. The number of anilines is 1. The van der Waals surface area contributed by atoms with Crippen LogP contribution in [-0.2, 0) is 4.79 Å². The molecule has 1 aromatic carbocycles. The molecule has 0 fully saturated rings. The van der Waals surface area contributed by atoms with Crippen LogP contribution < -0.4 is 5.32 Å². The van der Waals surface area contributed by atoms with Crippen molar-refractivity contribution in [2.75, 3.05) is 5.32 Å². The molecule has 0 atom stereocenters. The molecular weight excluding hydrogens is 403 g/mol. The summed E-state index contributed by atoms with van der Waals surface area (Å²) in [6.45, 7) is 0. The van der Waals surface area contributed by atoms with Crippen molar-refractivity contribution in [1.82, 2.24) is 10.2 Å². The Labute approximate surface area is 160 Å². The fourth-order valence-electron chi connectivity index (χ4n) is 1.89. The average Bonchev–Trinajstić information content (AvgIpc) is 3.19. The molecule has 0 radical (unpaired) electrons. The molecule has 2 aromatic heterocycles. The third-order valence-electron chi connectivity index (χ3n) is 3.07. The quantitative estimate of drug-likeness (QED) is 0.371. The maximum Gasteiger partial charge on any atom is 0.322 e. The molecule has 0 saturated carbocycles. The normalized spacial score (nSPS) is 11.0. The summed E-state index contributed by atoms with van der Waals surface area (Å²) in [5, 5.41) is 20.5. The first kappa shape index (κ1) is 18.1. The molecule has 11 heteroatoms. The van der Waals surface area contributed by atoms with Crippen molar-refractivity contribution in [2.24, 2.45) is 0 Å². The number of rotatable bonds is 5. The van der Waals surface area contributed by atoms with Crippen LogP contribution in [-0.4, -0.2) is 21.0 Å². The monoisotopic (exact) mass is 410 g/mol. The van der Waals surface area contributed by atoms with Crippen LogP contribution in [0.1, 0.15) is 5.56 Å². The first-order chi connectivity index (χ1) is 12.4. The van der Waals surface area contributed by atoms with Crippen LogP contribution in [0.2, 0.25) is 8.67 Å². The Hall–Kier alpha value is -2.75. The lowest BCUT2D eigenvalue weighted by Crippen LogP contribution is -2.07. The Morgan fingerprint density at radius 3 is 2.62 bits per heavy atom. The number of amides is 1. The van der Waals surface area contributed by atoms with Crippen molar-refractivity contribution in [3.05, 3.63) is 60.8 Å². The third kappa shape index (κ3) is 4.26. The number of carbonyl (C=O) groups is 1. The molecule has 0 aliphatic carbocycles. The van der Waals surface area contributed by atoms with Gasteiger partial charge in [0.05, 0.1) is 14.8 Å². The second-order valence-corrected chi connectivity index (χ2v) is 7.11. The first-order valence-corrected chi connectivity index (χ1v) is 8.52. The van der Waals surface area contributed by atoms with Gasteiger partial charge in [-0.05, 0) is 29.8 Å². The van der Waals surface area contributed by atoms with Gasteiger partial charge in [-0.1, -0.05) is 28.3 Å². The van der Waals surface area contributed by atoms with Crippen LogP contribution in [0.25, 0.3) is 17.5 Å². The highest BCUT2D eigenvalue weighted by Crippen LogP contribution is 2.37. The van der Waals surface area contributed by atoms with E-state index in [2.05, 4.69) is 15.5 Å². The number of hydrogen-bond acceptors (Lipinski definition) is 7. The summed E-state index contributed by atoms with van der Waals surface area (Å²) in [6.07, 6.45) is 2.73. The molecule has 0 unspecified atom stereocenters. The molecule has 3 aromatic rings. The van der Waals surface area contributed by atoms with Crippen LogP contribution in [0.5, 0.6) is 0 Å². The van der Waals surface area contributed by atoms with Crippen LogP contribution in [0.15, 0.2) is 40.8 Å². The molecule has 26 heavy (non-hydrogen) atoms. The number of nitrogens with zero attached hydrogens (tertiary/aromatic N) is 3. The van der Waals surface area contributed by atoms with Gasteiger partial charge in [0.1, 0.15) is 4.34 Å². The molecule has 2 heterocycles. The molecule has 8 nitrogen and oxygen atoms in total. The molecular formula is C15H8Cl2N4O4S. The SMILES string of the molecule is O=C(C=Cc1ccc([N+](=O)[O-])cc1)Nc1nnc(-c2cc(Cl)sc2Cl)o1. The highest BCUT2D eigenvalue weighted by atomic mass is 35.5. The Kier molecular flexibility index (Phi) is 5.31. The number of halogens is 2. The number of aromatic nitrogens is 2. The van der Waals surface area contributed by atoms with E-state index in [1.54, 1.807) is 6.07 Å². The van der Waals surface area contributed by atoms with E-state index in [0.29, 0.717) is 19.8 Å². The summed E-state index contributed by atoms with van der Waals surface area (Å²) >= 11 is 13.0. The second kappa shape index (κ2) is 7.65. The second-order valence-electron chi connectivity index (χ2n) is 4.82. The molecule has 0 aliphatic heterocycles. The number of nitro groups is 1. The van der Waals surface area contributed by atoms with Gasteiger partial charge in [-0.15, -0.1) is 16.4 Å². The van der Waals surface area contributed by atoms with E-state index < -0.39 is 10.8 Å². The van der Waals surface area contributed by atoms with E-state index in [1.165, 1.54) is 36.4 Å². The Balaban J connectivity index is 1.65. The molecule has 0 saturated heterocycles. The van der Waals surface area contributed by atoms with Gasteiger partial charge in [-0.3, -0.25) is 20.2 Å². The topological polar surface area (TPSA) is 111 Å². The summed E-state index contributed by atoms with van der Waals surface area (Å²) in [4.78, 5) is 22.0. The Bertz CT molecular complexity index is 998. The predicted octanol–water partition coefficient (Wildman–Crippen LogP) is 4.67. The largest absolute Gasteiger partial charge is 0.403 e. The molecule has 0 spiro atoms. The van der Waals surface area contributed by atoms with Gasteiger partial charge in [-0.25, -0.2) is 0 Å². The molecule has 132 valence electrons. The third-order valence-corrected chi connectivity index (χ3v) is 4.56. The van der Waals surface area contributed by atoms with Gasteiger partial charge in [0.25, 0.3) is 17.5 Å². The lowest BCUT2D eigenvalue weighted by atomic mass is 10.2. The standard InChI is InChI=1S/C15H8Cl2N4O4S/c16-11-7-10(13(17)26-11)14-19-20-15(25-14)18-12(22)6-3-8-1-4-9(5-2-8)21(23)24/h1-7H,(H,18,20,22). The van der Waals surface area contributed by atoms with Crippen LogP contribution in [0.4, 0.5) is 11.7 Å². The smallest absolute Gasteiger partial charge is 0.322 e. The van der Waals surface area contributed by atoms with Crippen molar-refractivity contribution in [3.63, 3.8) is 0 Å². The van der Waals surface area contributed by atoms with Crippen molar-refractivity contribution >= 4 is 58.2 Å². The lowest BCUT2D eigenvalue weighted by Gasteiger charge is -1.95. The van der Waals surface area contributed by atoms with Gasteiger partial charge in [-0.2, -0.15) is 0 Å². The molecule has 3 rings (SSSR count). The average molecular weight is 411 g/mol. The molecule has 1 amide bonds.